The molecule has 1 N–H and O–H groups in total. The fraction of sp³-hybridized carbons (Fsp3) is 0.300. The molecule has 6 heteroatoms. The number of rotatable bonds is 5. The molecule has 0 fully saturated rings. The molecule has 0 aliphatic heterocycles. The third-order valence-electron chi connectivity index (χ3n) is 4.35. The number of hydrogen-bond donors (Lipinski definition) is 1. The molecule has 0 atom stereocenters. The Kier molecular flexibility index (Phi) is 5.11. The van der Waals surface area contributed by atoms with Gasteiger partial charge in [0, 0.05) is 11.3 Å². The van der Waals surface area contributed by atoms with Crippen LogP contribution < -0.4 is 5.32 Å². The van der Waals surface area contributed by atoms with Crippen LogP contribution >= 0.6 is 0 Å². The summed E-state index contributed by atoms with van der Waals surface area (Å²) in [4.78, 5) is 12.8. The topological polar surface area (TPSA) is 72.7 Å². The summed E-state index contributed by atoms with van der Waals surface area (Å²) in [7, 11) is 0. The molecule has 0 radical (unpaired) electrons. The Morgan fingerprint density at radius 1 is 0.962 bits per heavy atom. The zero-order chi connectivity index (χ0) is 18.7. The van der Waals surface area contributed by atoms with Crippen LogP contribution in [0.3, 0.4) is 0 Å². The Morgan fingerprint density at radius 3 is 2.08 bits per heavy atom. The summed E-state index contributed by atoms with van der Waals surface area (Å²) in [6.45, 7) is 8.54. The lowest BCUT2D eigenvalue weighted by molar-refractivity contribution is 0.102. The van der Waals surface area contributed by atoms with Gasteiger partial charge in [-0.15, -0.1) is 5.10 Å². The lowest BCUT2D eigenvalue weighted by atomic mass is 9.92. The molecule has 0 aliphatic rings. The molecule has 3 aromatic rings. The molecule has 0 saturated heterocycles. The minimum atomic E-state index is -0.122. The number of nitrogens with one attached hydrogen (secondary N) is 1. The molecule has 0 bridgehead atoms. The van der Waals surface area contributed by atoms with Gasteiger partial charge in [-0.1, -0.05) is 45.9 Å². The molecular formula is C20H23N5O. The third kappa shape index (κ3) is 3.64. The lowest BCUT2D eigenvalue weighted by Crippen LogP contribution is -2.16. The number of nitrogens with zero attached hydrogens (tertiary/aromatic N) is 4. The van der Waals surface area contributed by atoms with Crippen LogP contribution in [0.15, 0.2) is 48.8 Å². The van der Waals surface area contributed by atoms with E-state index in [-0.39, 0.29) is 5.91 Å². The van der Waals surface area contributed by atoms with E-state index >= 15 is 0 Å². The third-order valence-corrected chi connectivity index (χ3v) is 4.35. The van der Waals surface area contributed by atoms with Crippen molar-refractivity contribution in [2.75, 3.05) is 5.32 Å². The average Bonchev–Trinajstić information content (AvgIpc) is 3.16. The highest BCUT2D eigenvalue weighted by Crippen LogP contribution is 2.32. The highest BCUT2D eigenvalue weighted by Gasteiger charge is 2.16. The minimum absolute atomic E-state index is 0.122. The number of amides is 1. The van der Waals surface area contributed by atoms with Crippen LogP contribution in [0.5, 0.6) is 0 Å². The maximum Gasteiger partial charge on any atom is 0.255 e. The van der Waals surface area contributed by atoms with Gasteiger partial charge in [-0.2, -0.15) is 0 Å². The number of benzene rings is 2. The molecular weight excluding hydrogens is 326 g/mol. The number of para-hydroxylation sites is 1. The molecule has 1 aromatic heterocycles. The van der Waals surface area contributed by atoms with Crippen molar-refractivity contribution in [2.45, 2.75) is 39.5 Å². The second kappa shape index (κ2) is 7.47. The van der Waals surface area contributed by atoms with E-state index in [0.717, 1.165) is 22.5 Å². The van der Waals surface area contributed by atoms with E-state index < -0.39 is 0 Å². The van der Waals surface area contributed by atoms with Gasteiger partial charge >= 0.3 is 0 Å². The molecule has 1 amide bonds. The van der Waals surface area contributed by atoms with E-state index in [1.807, 2.05) is 12.1 Å². The van der Waals surface area contributed by atoms with Crippen molar-refractivity contribution in [1.29, 1.82) is 0 Å². The number of carbonyl (C=O) groups excluding carboxylic acids is 1. The summed E-state index contributed by atoms with van der Waals surface area (Å²) in [5.74, 6) is 0.528. The van der Waals surface area contributed by atoms with Crippen LogP contribution in [0.1, 0.15) is 61.0 Å². The predicted octanol–water partition coefficient (Wildman–Crippen LogP) is 4.16. The molecule has 0 aliphatic carbocycles. The van der Waals surface area contributed by atoms with Crippen LogP contribution in [-0.2, 0) is 0 Å². The SMILES string of the molecule is CC(C)c1cccc(C(C)C)c1NC(=O)c1ccc(-n2cnnn2)cc1. The first kappa shape index (κ1) is 17.8. The molecule has 26 heavy (non-hydrogen) atoms. The predicted molar refractivity (Wildman–Crippen MR) is 102 cm³/mol. The second-order valence-electron chi connectivity index (χ2n) is 6.88. The van der Waals surface area contributed by atoms with Crippen molar-refractivity contribution >= 4 is 11.6 Å². The van der Waals surface area contributed by atoms with Crippen molar-refractivity contribution in [2.24, 2.45) is 0 Å². The Labute approximate surface area is 153 Å². The standard InChI is InChI=1S/C20H23N5O/c1-13(2)17-6-5-7-18(14(3)4)19(17)22-20(26)15-8-10-16(11-9-15)25-12-21-23-24-25/h5-14H,1-4H3,(H,22,26). The van der Waals surface area contributed by atoms with Crippen LogP contribution in [0, 0.1) is 0 Å². The number of anilines is 1. The molecule has 6 nitrogen and oxygen atoms in total. The van der Waals surface area contributed by atoms with Gasteiger partial charge in [-0.25, -0.2) is 4.68 Å². The Bertz CT molecular complexity index is 857. The Hall–Kier alpha value is -3.02. The van der Waals surface area contributed by atoms with E-state index in [0.29, 0.717) is 17.4 Å². The summed E-state index contributed by atoms with van der Waals surface area (Å²) < 4.78 is 1.55. The van der Waals surface area contributed by atoms with Gasteiger partial charge in [0.15, 0.2) is 0 Å². The van der Waals surface area contributed by atoms with Crippen LogP contribution in [0.25, 0.3) is 5.69 Å². The smallest absolute Gasteiger partial charge is 0.255 e. The molecule has 3 rings (SSSR count). The average molecular weight is 349 g/mol. The second-order valence-corrected chi connectivity index (χ2v) is 6.88. The number of carbonyl (C=O) groups is 1. The fourth-order valence-electron chi connectivity index (χ4n) is 2.93. The molecule has 2 aromatic carbocycles. The first-order valence-corrected chi connectivity index (χ1v) is 8.75. The number of tetrazole rings is 1. The quantitative estimate of drug-likeness (QED) is 0.750. The van der Waals surface area contributed by atoms with Gasteiger partial charge in [-0.3, -0.25) is 4.79 Å². The van der Waals surface area contributed by atoms with E-state index in [2.05, 4.69) is 66.7 Å². The maximum absolute atomic E-state index is 12.8. The first-order valence-electron chi connectivity index (χ1n) is 8.75. The van der Waals surface area contributed by atoms with Crippen molar-refractivity contribution < 1.29 is 4.79 Å². The molecule has 1 heterocycles. The fourth-order valence-corrected chi connectivity index (χ4v) is 2.93. The molecule has 0 spiro atoms. The zero-order valence-electron chi connectivity index (χ0n) is 15.5. The van der Waals surface area contributed by atoms with Crippen molar-refractivity contribution in [1.82, 2.24) is 20.2 Å². The Balaban J connectivity index is 1.88. The monoisotopic (exact) mass is 349 g/mol. The molecule has 0 unspecified atom stereocenters. The van der Waals surface area contributed by atoms with Gasteiger partial charge < -0.3 is 5.32 Å². The highest BCUT2D eigenvalue weighted by molar-refractivity contribution is 6.05. The van der Waals surface area contributed by atoms with E-state index in [4.69, 9.17) is 0 Å². The van der Waals surface area contributed by atoms with Crippen LogP contribution in [-0.4, -0.2) is 26.1 Å². The number of hydrogen-bond acceptors (Lipinski definition) is 4. The normalized spacial score (nSPS) is 11.2. The summed E-state index contributed by atoms with van der Waals surface area (Å²) >= 11 is 0. The van der Waals surface area contributed by atoms with E-state index in [1.165, 1.54) is 6.33 Å². The van der Waals surface area contributed by atoms with Gasteiger partial charge in [0.05, 0.1) is 5.69 Å². The summed E-state index contributed by atoms with van der Waals surface area (Å²) in [6.07, 6.45) is 1.52. The Morgan fingerprint density at radius 2 is 1.58 bits per heavy atom. The van der Waals surface area contributed by atoms with Crippen molar-refractivity contribution in [3.05, 3.63) is 65.5 Å². The van der Waals surface area contributed by atoms with E-state index in [9.17, 15) is 4.79 Å². The molecule has 0 saturated carbocycles. The summed E-state index contributed by atoms with van der Waals surface area (Å²) in [5.41, 5.74) is 4.61. The van der Waals surface area contributed by atoms with Gasteiger partial charge in [0.1, 0.15) is 6.33 Å². The van der Waals surface area contributed by atoms with Crippen molar-refractivity contribution in [3.63, 3.8) is 0 Å². The van der Waals surface area contributed by atoms with Crippen molar-refractivity contribution in [3.8, 4) is 5.69 Å². The number of aromatic nitrogens is 4. The van der Waals surface area contributed by atoms with E-state index in [1.54, 1.807) is 16.8 Å². The van der Waals surface area contributed by atoms with Crippen LogP contribution in [0.2, 0.25) is 0 Å². The van der Waals surface area contributed by atoms with Crippen LogP contribution in [0.4, 0.5) is 5.69 Å². The first-order chi connectivity index (χ1) is 12.5. The summed E-state index contributed by atoms with van der Waals surface area (Å²) in [5, 5.41) is 14.2. The summed E-state index contributed by atoms with van der Waals surface area (Å²) in [6, 6.07) is 13.4. The van der Waals surface area contributed by atoms with Gasteiger partial charge in [0.2, 0.25) is 0 Å². The highest BCUT2D eigenvalue weighted by atomic mass is 16.1. The lowest BCUT2D eigenvalue weighted by Gasteiger charge is -2.20. The maximum atomic E-state index is 12.8. The zero-order valence-corrected chi connectivity index (χ0v) is 15.5. The van der Waals surface area contributed by atoms with Gasteiger partial charge in [0.25, 0.3) is 5.91 Å². The minimum Gasteiger partial charge on any atom is -0.321 e. The largest absolute Gasteiger partial charge is 0.321 e. The van der Waals surface area contributed by atoms with Gasteiger partial charge in [-0.05, 0) is 57.7 Å². The molecule has 134 valence electrons.